The van der Waals surface area contributed by atoms with Crippen molar-refractivity contribution < 1.29 is 0 Å². The van der Waals surface area contributed by atoms with Crippen LogP contribution in [0.3, 0.4) is 0 Å². The molecule has 0 N–H and O–H groups in total. The zero-order valence-electron chi connectivity index (χ0n) is 21.8. The van der Waals surface area contributed by atoms with Gasteiger partial charge in [0.15, 0.2) is 0 Å². The Labute approximate surface area is 234 Å². The van der Waals surface area contributed by atoms with E-state index in [4.69, 9.17) is 16.8 Å². The van der Waals surface area contributed by atoms with E-state index in [1.807, 2.05) is 24.4 Å². The van der Waals surface area contributed by atoms with Crippen LogP contribution in [0.5, 0.6) is 0 Å². The average molecular weight is 538 g/mol. The third-order valence-corrected chi connectivity index (χ3v) is 12.3. The lowest BCUT2D eigenvalue weighted by Gasteiger charge is -2.24. The first-order valence-electron chi connectivity index (χ1n) is 13.1. The molecule has 0 aliphatic rings. The molecule has 6 aromatic rings. The van der Waals surface area contributed by atoms with Crippen LogP contribution in [-0.4, -0.2) is 4.98 Å². The summed E-state index contributed by atoms with van der Waals surface area (Å²) in [5.74, 6) is 0. The number of nitrogens with zero attached hydrogens (tertiary/aromatic N) is 1. The fourth-order valence-electron chi connectivity index (χ4n) is 5.34. The minimum atomic E-state index is -2.28. The highest BCUT2D eigenvalue weighted by Crippen LogP contribution is 2.52. The average Bonchev–Trinajstić information content (AvgIpc) is 3.01. The van der Waals surface area contributed by atoms with E-state index in [1.54, 1.807) is 0 Å². The predicted molar refractivity (Wildman–Crippen MR) is 175 cm³/mol. The highest BCUT2D eigenvalue weighted by Gasteiger charge is 2.24. The molecule has 6 rings (SSSR count). The zero-order valence-corrected chi connectivity index (χ0v) is 23.5. The smallest absolute Gasteiger partial charge is 0.0786 e. The van der Waals surface area contributed by atoms with Crippen molar-refractivity contribution >= 4 is 66.5 Å². The molecule has 0 atom stereocenters. The van der Waals surface area contributed by atoms with Gasteiger partial charge in [0.25, 0.3) is 0 Å². The van der Waals surface area contributed by atoms with Gasteiger partial charge in [0.2, 0.25) is 0 Å². The van der Waals surface area contributed by atoms with Crippen LogP contribution in [0, 0.1) is 0 Å². The third kappa shape index (κ3) is 4.46. The molecule has 0 radical (unpaired) electrons. The molecule has 0 bridgehead atoms. The van der Waals surface area contributed by atoms with Gasteiger partial charge in [-0.05, 0) is 62.3 Å². The molecule has 1 aromatic heterocycles. The maximum atomic E-state index is 6.49. The van der Waals surface area contributed by atoms with E-state index >= 15 is 0 Å². The summed E-state index contributed by atoms with van der Waals surface area (Å²) in [7, 11) is 0. The van der Waals surface area contributed by atoms with E-state index in [-0.39, 0.29) is 0 Å². The fraction of sp³-hybridized carbons (Fsp3) is 0.0278. The van der Waals surface area contributed by atoms with Crippen molar-refractivity contribution in [3.63, 3.8) is 0 Å². The van der Waals surface area contributed by atoms with E-state index in [1.165, 1.54) is 21.5 Å². The van der Waals surface area contributed by atoms with Gasteiger partial charge in [-0.2, -0.15) is 0 Å². The fourth-order valence-corrected chi connectivity index (χ4v) is 8.69. The van der Waals surface area contributed by atoms with E-state index in [0.29, 0.717) is 0 Å². The standard InChI is InChI=1S/C36H28NPS/c1-3-27(21-20-26(2)38(39,29-14-6-4-7-15-29)30-16-8-5-9-17-30)34-25-35-31-18-11-10-13-28(31)22-23-33(35)36-32(34)19-12-24-37-36/h3-25H,2H2,1H3/b21-20-,27-3+. The van der Waals surface area contributed by atoms with E-state index in [2.05, 4.69) is 129 Å². The van der Waals surface area contributed by atoms with Gasteiger partial charge in [-0.1, -0.05) is 140 Å². The SMILES string of the molecule is C=C(/C=C\C(=C/C)c1cc2c3ccccc3ccc2c2ncccc12)P(=S)(c1ccccc1)c1ccccc1. The molecule has 0 unspecified atom stereocenters. The number of allylic oxidation sites excluding steroid dienone is 5. The molecule has 5 aromatic carbocycles. The Kier molecular flexibility index (Phi) is 6.83. The van der Waals surface area contributed by atoms with Gasteiger partial charge < -0.3 is 0 Å². The van der Waals surface area contributed by atoms with E-state index < -0.39 is 6.04 Å². The second kappa shape index (κ2) is 10.6. The van der Waals surface area contributed by atoms with Crippen molar-refractivity contribution in [3.8, 4) is 0 Å². The summed E-state index contributed by atoms with van der Waals surface area (Å²) in [5.41, 5.74) is 3.29. The number of rotatable bonds is 6. The predicted octanol–water partition coefficient (Wildman–Crippen LogP) is 9.14. The number of hydrogen-bond donors (Lipinski definition) is 0. The van der Waals surface area contributed by atoms with Gasteiger partial charge in [0.1, 0.15) is 0 Å². The topological polar surface area (TPSA) is 12.9 Å². The summed E-state index contributed by atoms with van der Waals surface area (Å²) < 4.78 is 0. The molecule has 1 nitrogen and oxygen atoms in total. The minimum absolute atomic E-state index is 0.961. The molecular weight excluding hydrogens is 509 g/mol. The van der Waals surface area contributed by atoms with Crippen molar-refractivity contribution in [2.75, 3.05) is 0 Å². The Bertz CT molecular complexity index is 1910. The van der Waals surface area contributed by atoms with Crippen LogP contribution in [0.2, 0.25) is 0 Å². The number of benzene rings is 5. The van der Waals surface area contributed by atoms with Crippen LogP contribution in [0.15, 0.2) is 152 Å². The Balaban J connectivity index is 1.50. The monoisotopic (exact) mass is 537 g/mol. The largest absolute Gasteiger partial charge is 0.256 e. The maximum absolute atomic E-state index is 6.49. The first-order chi connectivity index (χ1) is 19.1. The Morgan fingerprint density at radius 1 is 0.692 bits per heavy atom. The van der Waals surface area contributed by atoms with Gasteiger partial charge in [0, 0.05) is 23.0 Å². The summed E-state index contributed by atoms with van der Waals surface area (Å²) in [6.07, 6.45) is 8.35. The lowest BCUT2D eigenvalue weighted by atomic mass is 9.92. The number of pyridine rings is 1. The zero-order chi connectivity index (χ0) is 26.8. The lowest BCUT2D eigenvalue weighted by Crippen LogP contribution is -2.16. The van der Waals surface area contributed by atoms with Crippen molar-refractivity contribution in [2.45, 2.75) is 6.92 Å². The minimum Gasteiger partial charge on any atom is -0.256 e. The molecular formula is C36H28NPS. The molecule has 0 saturated heterocycles. The number of fused-ring (bicyclic) bond motifs is 5. The molecule has 0 fully saturated rings. The van der Waals surface area contributed by atoms with Crippen LogP contribution in [0.1, 0.15) is 12.5 Å². The van der Waals surface area contributed by atoms with Crippen LogP contribution < -0.4 is 10.6 Å². The summed E-state index contributed by atoms with van der Waals surface area (Å²) in [5, 5.41) is 9.22. The number of hydrogen-bond acceptors (Lipinski definition) is 2. The highest BCUT2D eigenvalue weighted by atomic mass is 32.4. The van der Waals surface area contributed by atoms with Crippen molar-refractivity contribution in [2.24, 2.45) is 0 Å². The normalized spacial score (nSPS) is 12.5. The summed E-state index contributed by atoms with van der Waals surface area (Å²) >= 11 is 6.49. The van der Waals surface area contributed by atoms with Crippen LogP contribution in [0.25, 0.3) is 38.0 Å². The molecule has 188 valence electrons. The molecule has 0 aliphatic carbocycles. The van der Waals surface area contributed by atoms with Crippen LogP contribution in [0.4, 0.5) is 0 Å². The maximum Gasteiger partial charge on any atom is 0.0786 e. The molecule has 1 heterocycles. The highest BCUT2D eigenvalue weighted by molar-refractivity contribution is 8.24. The van der Waals surface area contributed by atoms with Gasteiger partial charge >= 0.3 is 0 Å². The molecule has 39 heavy (non-hydrogen) atoms. The Hall–Kier alpha value is -4.10. The summed E-state index contributed by atoms with van der Waals surface area (Å²) in [6, 6.07) is 38.0. The molecule has 0 amide bonds. The van der Waals surface area contributed by atoms with Gasteiger partial charge in [-0.3, -0.25) is 4.98 Å². The Morgan fingerprint density at radius 2 is 1.33 bits per heavy atom. The lowest BCUT2D eigenvalue weighted by molar-refractivity contribution is 1.42. The quantitative estimate of drug-likeness (QED) is 0.119. The first-order valence-corrected chi connectivity index (χ1v) is 15.9. The van der Waals surface area contributed by atoms with Crippen molar-refractivity contribution in [3.05, 3.63) is 157 Å². The van der Waals surface area contributed by atoms with Gasteiger partial charge in [-0.25, -0.2) is 0 Å². The molecule has 0 saturated carbocycles. The number of aromatic nitrogens is 1. The summed E-state index contributed by atoms with van der Waals surface area (Å²) in [4.78, 5) is 4.83. The van der Waals surface area contributed by atoms with E-state index in [0.717, 1.165) is 38.0 Å². The Morgan fingerprint density at radius 3 is 2.03 bits per heavy atom. The van der Waals surface area contributed by atoms with Crippen LogP contribution >= 0.6 is 6.04 Å². The molecule has 3 heteroatoms. The van der Waals surface area contributed by atoms with Gasteiger partial charge in [0.05, 0.1) is 5.52 Å². The van der Waals surface area contributed by atoms with Gasteiger partial charge in [-0.15, -0.1) is 0 Å². The van der Waals surface area contributed by atoms with Crippen molar-refractivity contribution in [1.29, 1.82) is 0 Å². The molecule has 0 spiro atoms. The van der Waals surface area contributed by atoms with Crippen molar-refractivity contribution in [1.82, 2.24) is 4.98 Å². The first kappa shape index (κ1) is 25.2. The second-order valence-corrected chi connectivity index (χ2v) is 14.0. The van der Waals surface area contributed by atoms with E-state index in [9.17, 15) is 0 Å². The summed E-state index contributed by atoms with van der Waals surface area (Å²) in [6.45, 7) is 6.64. The second-order valence-electron chi connectivity index (χ2n) is 9.55. The molecule has 0 aliphatic heterocycles. The van der Waals surface area contributed by atoms with Crippen LogP contribution in [-0.2, 0) is 11.8 Å². The third-order valence-electron chi connectivity index (χ3n) is 7.33.